The Bertz CT molecular complexity index is 1470. The first kappa shape index (κ1) is 26.9. The fraction of sp³-hybridized carbons (Fsp3) is 0.250. The Morgan fingerprint density at radius 1 is 1.07 bits per heavy atom. The molecule has 0 saturated carbocycles. The number of hydrogen-bond donors (Lipinski definition) is 2. The van der Waals surface area contributed by atoms with E-state index in [0.717, 1.165) is 17.6 Å². The molecule has 0 unspecified atom stereocenters. The van der Waals surface area contributed by atoms with Crippen molar-refractivity contribution < 1.29 is 28.2 Å². The lowest BCUT2D eigenvalue weighted by atomic mass is 10.0. The van der Waals surface area contributed by atoms with Crippen molar-refractivity contribution in [1.82, 2.24) is 25.5 Å². The van der Waals surface area contributed by atoms with E-state index in [0.29, 0.717) is 17.7 Å². The molecular formula is C28H26F2N6O4. The number of phenols is 1. The lowest BCUT2D eigenvalue weighted by Gasteiger charge is -2.31. The first-order valence-electron chi connectivity index (χ1n) is 12.7. The van der Waals surface area contributed by atoms with Crippen molar-refractivity contribution in [3.8, 4) is 17.1 Å². The highest BCUT2D eigenvalue weighted by molar-refractivity contribution is 6.01. The van der Waals surface area contributed by atoms with Crippen LogP contribution in [0.5, 0.6) is 5.75 Å². The molecule has 12 heteroatoms. The summed E-state index contributed by atoms with van der Waals surface area (Å²) in [7, 11) is 0. The summed E-state index contributed by atoms with van der Waals surface area (Å²) in [6, 6.07) is 15.4. The van der Waals surface area contributed by atoms with Crippen molar-refractivity contribution in [1.29, 1.82) is 0 Å². The monoisotopic (exact) mass is 548 g/mol. The molecule has 0 spiro atoms. The van der Waals surface area contributed by atoms with Gasteiger partial charge < -0.3 is 15.2 Å². The summed E-state index contributed by atoms with van der Waals surface area (Å²) in [5, 5.41) is 25.2. The average Bonchev–Trinajstić information content (AvgIpc) is 3.64. The number of nitrogens with zero attached hydrogens (tertiary/aromatic N) is 5. The molecule has 0 radical (unpaired) electrons. The fourth-order valence-electron chi connectivity index (χ4n) is 4.48. The maximum absolute atomic E-state index is 13.8. The number of phenolic OH excluding ortho intramolecular Hbond substituents is 1. The second-order valence-electron chi connectivity index (χ2n) is 9.27. The van der Waals surface area contributed by atoms with Crippen LogP contribution in [0.25, 0.3) is 11.4 Å². The van der Waals surface area contributed by atoms with Crippen LogP contribution in [0.1, 0.15) is 24.4 Å². The van der Waals surface area contributed by atoms with Gasteiger partial charge in [-0.05, 0) is 72.1 Å². The van der Waals surface area contributed by atoms with Crippen molar-refractivity contribution in [3.05, 3.63) is 90.0 Å². The molecule has 0 aliphatic carbocycles. The van der Waals surface area contributed by atoms with Gasteiger partial charge in [0.1, 0.15) is 30.0 Å². The van der Waals surface area contributed by atoms with Crippen LogP contribution in [-0.2, 0) is 20.9 Å². The minimum atomic E-state index is -1.23. The normalized spacial score (nSPS) is 15.5. The molecule has 1 aliphatic rings. The summed E-state index contributed by atoms with van der Waals surface area (Å²) in [4.78, 5) is 29.8. The summed E-state index contributed by atoms with van der Waals surface area (Å²) >= 11 is 0. The molecule has 0 bridgehead atoms. The minimum absolute atomic E-state index is 0.120. The van der Waals surface area contributed by atoms with E-state index >= 15 is 0 Å². The van der Waals surface area contributed by atoms with Crippen LogP contribution in [0.15, 0.2) is 72.8 Å². The third-order valence-electron chi connectivity index (χ3n) is 6.43. The molecule has 1 saturated heterocycles. The van der Waals surface area contributed by atoms with Gasteiger partial charge in [-0.15, -0.1) is 10.2 Å². The van der Waals surface area contributed by atoms with Crippen LogP contribution in [-0.4, -0.2) is 56.4 Å². The van der Waals surface area contributed by atoms with E-state index in [-0.39, 0.29) is 29.9 Å². The highest BCUT2D eigenvalue weighted by Gasteiger charge is 2.34. The molecule has 2 N–H and O–H groups in total. The number of aromatic nitrogens is 4. The third-order valence-corrected chi connectivity index (χ3v) is 6.43. The van der Waals surface area contributed by atoms with Gasteiger partial charge in [0.2, 0.25) is 11.7 Å². The number of rotatable bonds is 9. The molecule has 2 amide bonds. The molecule has 1 aliphatic heterocycles. The Labute approximate surface area is 228 Å². The van der Waals surface area contributed by atoms with E-state index in [2.05, 4.69) is 20.7 Å². The summed E-state index contributed by atoms with van der Waals surface area (Å²) < 4.78 is 32.7. The van der Waals surface area contributed by atoms with Crippen molar-refractivity contribution in [2.45, 2.75) is 31.5 Å². The first-order valence-corrected chi connectivity index (χ1v) is 12.7. The van der Waals surface area contributed by atoms with Crippen molar-refractivity contribution in [2.24, 2.45) is 0 Å². The Morgan fingerprint density at radius 2 is 1.80 bits per heavy atom. The summed E-state index contributed by atoms with van der Waals surface area (Å²) in [6.07, 6.45) is 1.54. The van der Waals surface area contributed by atoms with Gasteiger partial charge in [-0.25, -0.2) is 8.78 Å². The van der Waals surface area contributed by atoms with Crippen LogP contribution < -0.4 is 10.2 Å². The largest absolute Gasteiger partial charge is 0.508 e. The Hall–Kier alpha value is -4.71. The van der Waals surface area contributed by atoms with Gasteiger partial charge in [0.15, 0.2) is 0 Å². The number of nitrogens with one attached hydrogen (secondary N) is 1. The van der Waals surface area contributed by atoms with Crippen molar-refractivity contribution in [2.75, 3.05) is 18.1 Å². The summed E-state index contributed by atoms with van der Waals surface area (Å²) in [6.45, 7) is 0.436. The summed E-state index contributed by atoms with van der Waals surface area (Å²) in [5.74, 6) is -1.98. The fourth-order valence-corrected chi connectivity index (χ4v) is 4.48. The van der Waals surface area contributed by atoms with E-state index in [1.165, 1.54) is 71.6 Å². The van der Waals surface area contributed by atoms with Gasteiger partial charge in [-0.3, -0.25) is 14.5 Å². The molecule has 40 heavy (non-hydrogen) atoms. The molecular weight excluding hydrogens is 522 g/mol. The standard InChI is InChI=1S/C28H26F2N6O4/c29-20-10-6-18(7-11-20)26(28(39)31-16-24-5-2-14-40-24)36(22-3-1-4-23(37)15-22)25(38)17-35-33-27(32-34-35)19-8-12-21(30)13-9-19/h1,3-4,6-13,15,24,26,37H,2,5,14,16-17H2,(H,31,39)/t24-,26-/m1/s1. The van der Waals surface area contributed by atoms with E-state index < -0.39 is 36.0 Å². The van der Waals surface area contributed by atoms with Crippen LogP contribution in [0.2, 0.25) is 0 Å². The average molecular weight is 549 g/mol. The van der Waals surface area contributed by atoms with E-state index in [9.17, 15) is 23.5 Å². The Kier molecular flexibility index (Phi) is 8.06. The van der Waals surface area contributed by atoms with Gasteiger partial charge in [-0.2, -0.15) is 4.80 Å². The first-order chi connectivity index (χ1) is 19.4. The number of benzene rings is 3. The quantitative estimate of drug-likeness (QED) is 0.329. The molecule has 10 nitrogen and oxygen atoms in total. The highest BCUT2D eigenvalue weighted by atomic mass is 19.1. The minimum Gasteiger partial charge on any atom is -0.508 e. The lowest BCUT2D eigenvalue weighted by Crippen LogP contribution is -2.46. The summed E-state index contributed by atoms with van der Waals surface area (Å²) in [5.41, 5.74) is 1.08. The van der Waals surface area contributed by atoms with E-state index in [1.54, 1.807) is 6.07 Å². The number of halogens is 2. The van der Waals surface area contributed by atoms with E-state index in [1.807, 2.05) is 0 Å². The predicted octanol–water partition coefficient (Wildman–Crippen LogP) is 3.39. The number of anilines is 1. The van der Waals surface area contributed by atoms with Crippen molar-refractivity contribution >= 4 is 17.5 Å². The van der Waals surface area contributed by atoms with Crippen LogP contribution in [0.3, 0.4) is 0 Å². The van der Waals surface area contributed by atoms with Crippen LogP contribution in [0, 0.1) is 11.6 Å². The van der Waals surface area contributed by atoms with Crippen LogP contribution in [0.4, 0.5) is 14.5 Å². The van der Waals surface area contributed by atoms with Crippen molar-refractivity contribution in [3.63, 3.8) is 0 Å². The zero-order chi connectivity index (χ0) is 28.1. The van der Waals surface area contributed by atoms with E-state index in [4.69, 9.17) is 4.74 Å². The number of aromatic hydroxyl groups is 1. The SMILES string of the molecule is O=C(NC[C@H]1CCCO1)[C@@H](c1ccc(F)cc1)N(C(=O)Cn1nnc(-c2ccc(F)cc2)n1)c1cccc(O)c1. The topological polar surface area (TPSA) is 122 Å². The predicted molar refractivity (Wildman–Crippen MR) is 140 cm³/mol. The van der Waals surface area contributed by atoms with Gasteiger partial charge in [0.05, 0.1) is 6.10 Å². The molecule has 2 atom stereocenters. The number of tetrazole rings is 1. The molecule has 4 aromatic rings. The van der Waals surface area contributed by atoms with Gasteiger partial charge in [0, 0.05) is 30.5 Å². The molecule has 206 valence electrons. The van der Waals surface area contributed by atoms with Crippen LogP contribution >= 0.6 is 0 Å². The highest BCUT2D eigenvalue weighted by Crippen LogP contribution is 2.31. The second kappa shape index (κ2) is 12.0. The van der Waals surface area contributed by atoms with Gasteiger partial charge in [0.25, 0.3) is 5.91 Å². The van der Waals surface area contributed by atoms with Gasteiger partial charge in [-0.1, -0.05) is 18.2 Å². The zero-order valence-electron chi connectivity index (χ0n) is 21.3. The molecule has 2 heterocycles. The molecule has 1 aromatic heterocycles. The molecule has 5 rings (SSSR count). The zero-order valence-corrected chi connectivity index (χ0v) is 21.3. The number of hydrogen-bond acceptors (Lipinski definition) is 7. The Balaban J connectivity index is 1.48. The maximum atomic E-state index is 13.8. The maximum Gasteiger partial charge on any atom is 0.251 e. The molecule has 3 aromatic carbocycles. The Morgan fingerprint density at radius 3 is 2.48 bits per heavy atom. The lowest BCUT2D eigenvalue weighted by molar-refractivity contribution is -0.127. The van der Waals surface area contributed by atoms with Gasteiger partial charge >= 0.3 is 0 Å². The molecule has 1 fully saturated rings. The number of carbonyl (C=O) groups is 2. The number of carbonyl (C=O) groups excluding carboxylic acids is 2. The number of ether oxygens (including phenoxy) is 1. The second-order valence-corrected chi connectivity index (χ2v) is 9.27. The third kappa shape index (κ3) is 6.29. The number of amides is 2. The smallest absolute Gasteiger partial charge is 0.251 e.